The lowest BCUT2D eigenvalue weighted by Crippen LogP contribution is -2.21. The molecule has 0 atom stereocenters. The maximum absolute atomic E-state index is 6.02. The number of rotatable bonds is 1. The van der Waals surface area contributed by atoms with E-state index in [9.17, 15) is 0 Å². The number of para-hydroxylation sites is 1. The number of halogens is 1. The summed E-state index contributed by atoms with van der Waals surface area (Å²) < 4.78 is 0. The van der Waals surface area contributed by atoms with E-state index in [1.54, 1.807) is 6.07 Å². The van der Waals surface area contributed by atoms with Crippen LogP contribution in [0.2, 0.25) is 5.02 Å². The smallest absolute Gasteiger partial charge is 0.199 e. The highest BCUT2D eigenvalue weighted by Crippen LogP contribution is 2.20. The fourth-order valence-corrected chi connectivity index (χ4v) is 2.11. The molecule has 0 fully saturated rings. The Morgan fingerprint density at radius 2 is 2.06 bits per heavy atom. The molecule has 0 saturated heterocycles. The van der Waals surface area contributed by atoms with Crippen molar-refractivity contribution in [1.29, 1.82) is 0 Å². The van der Waals surface area contributed by atoms with Gasteiger partial charge >= 0.3 is 0 Å². The van der Waals surface area contributed by atoms with Gasteiger partial charge in [0, 0.05) is 14.1 Å². The average molecular weight is 288 g/mol. The summed E-state index contributed by atoms with van der Waals surface area (Å²) in [4.78, 5) is 6.21. The molecule has 0 saturated carbocycles. The third-order valence-corrected chi connectivity index (χ3v) is 3.22. The first-order chi connectivity index (χ1) is 8.04. The van der Waals surface area contributed by atoms with Gasteiger partial charge in [-0.3, -0.25) is 0 Å². The van der Waals surface area contributed by atoms with Gasteiger partial charge in [0.1, 0.15) is 0 Å². The van der Waals surface area contributed by atoms with Crippen LogP contribution in [-0.2, 0) is 0 Å². The predicted octanol–water partition coefficient (Wildman–Crippen LogP) is 3.32. The quantitative estimate of drug-likeness (QED) is 0.487. The maximum Gasteiger partial charge on any atom is 0.199 e. The van der Waals surface area contributed by atoms with E-state index in [2.05, 4.69) is 10.3 Å². The van der Waals surface area contributed by atoms with Crippen LogP contribution in [0, 0.1) is 0 Å². The van der Waals surface area contributed by atoms with Crippen LogP contribution in [0.15, 0.2) is 29.3 Å². The van der Waals surface area contributed by atoms with E-state index in [-0.39, 0.29) is 0 Å². The van der Waals surface area contributed by atoms with Crippen molar-refractivity contribution < 1.29 is 0 Å². The molecule has 17 heavy (non-hydrogen) atoms. The zero-order chi connectivity index (χ0) is 12.8. The molecule has 1 rings (SSSR count). The largest absolute Gasteiger partial charge is 0.357 e. The Kier molecular flexibility index (Phi) is 5.74. The van der Waals surface area contributed by atoms with Crippen molar-refractivity contribution in [3.63, 3.8) is 0 Å². The summed E-state index contributed by atoms with van der Waals surface area (Å²) in [5.41, 5.74) is 0.766. The fourth-order valence-electron chi connectivity index (χ4n) is 1.12. The Morgan fingerprint density at radius 3 is 2.59 bits per heavy atom. The van der Waals surface area contributed by atoms with Crippen LogP contribution in [0.1, 0.15) is 0 Å². The van der Waals surface area contributed by atoms with Crippen LogP contribution < -0.4 is 5.32 Å². The summed E-state index contributed by atoms with van der Waals surface area (Å²) in [7, 11) is 3.85. The molecule has 0 unspecified atom stereocenters. The molecule has 92 valence electrons. The SMILES string of the molecule is CS/C(=N/C(=S)Nc1ccccc1Cl)N(C)C. The Balaban J connectivity index is 2.77. The molecule has 0 aliphatic carbocycles. The predicted molar refractivity (Wildman–Crippen MR) is 82.3 cm³/mol. The van der Waals surface area contributed by atoms with Gasteiger partial charge in [0.25, 0.3) is 0 Å². The van der Waals surface area contributed by atoms with Crippen molar-refractivity contribution in [3.8, 4) is 0 Å². The Labute approximate surface area is 116 Å². The van der Waals surface area contributed by atoms with E-state index in [1.165, 1.54) is 11.8 Å². The van der Waals surface area contributed by atoms with E-state index >= 15 is 0 Å². The van der Waals surface area contributed by atoms with Gasteiger partial charge in [-0.1, -0.05) is 35.5 Å². The van der Waals surface area contributed by atoms with Crippen molar-refractivity contribution in [1.82, 2.24) is 4.90 Å². The molecular weight excluding hydrogens is 274 g/mol. The summed E-state index contributed by atoms with van der Waals surface area (Å²) in [5, 5.41) is 4.87. The van der Waals surface area contributed by atoms with Crippen molar-refractivity contribution in [2.75, 3.05) is 25.7 Å². The zero-order valence-corrected chi connectivity index (χ0v) is 12.3. The second-order valence-corrected chi connectivity index (χ2v) is 4.97. The van der Waals surface area contributed by atoms with Crippen LogP contribution in [0.4, 0.5) is 5.69 Å². The van der Waals surface area contributed by atoms with Gasteiger partial charge in [-0.15, -0.1) is 0 Å². The third-order valence-electron chi connectivity index (χ3n) is 1.88. The van der Waals surface area contributed by atoms with Gasteiger partial charge < -0.3 is 10.2 Å². The number of nitrogens with one attached hydrogen (secondary N) is 1. The first-order valence-corrected chi connectivity index (χ1v) is 6.91. The van der Waals surface area contributed by atoms with Crippen LogP contribution in [0.3, 0.4) is 0 Å². The number of hydrogen-bond donors (Lipinski definition) is 1. The third kappa shape index (κ3) is 4.53. The van der Waals surface area contributed by atoms with Crippen LogP contribution >= 0.6 is 35.6 Å². The minimum atomic E-state index is 0.399. The summed E-state index contributed by atoms with van der Waals surface area (Å²) in [6, 6.07) is 7.42. The molecule has 0 amide bonds. The number of nitrogens with zero attached hydrogens (tertiary/aromatic N) is 2. The number of anilines is 1. The fraction of sp³-hybridized carbons (Fsp3) is 0.273. The lowest BCUT2D eigenvalue weighted by atomic mass is 10.3. The number of hydrogen-bond acceptors (Lipinski definition) is 2. The number of thioether (sulfide) groups is 1. The van der Waals surface area contributed by atoms with Crippen molar-refractivity contribution in [3.05, 3.63) is 29.3 Å². The standard InChI is InChI=1S/C11H14ClN3S2/c1-15(2)11(17-3)14-10(16)13-9-7-5-4-6-8(9)12/h4-7H,1-3H3,(H,13,16)/b14-11+. The van der Waals surface area contributed by atoms with E-state index < -0.39 is 0 Å². The van der Waals surface area contributed by atoms with Crippen molar-refractivity contribution >= 4 is 51.5 Å². The molecule has 0 aromatic heterocycles. The highest BCUT2D eigenvalue weighted by molar-refractivity contribution is 8.13. The first-order valence-electron chi connectivity index (χ1n) is 4.90. The maximum atomic E-state index is 6.02. The molecule has 0 spiro atoms. The lowest BCUT2D eigenvalue weighted by Gasteiger charge is -2.13. The van der Waals surface area contributed by atoms with Crippen LogP contribution in [0.5, 0.6) is 0 Å². The van der Waals surface area contributed by atoms with E-state index in [1.807, 2.05) is 43.5 Å². The molecule has 1 N–H and O–H groups in total. The topological polar surface area (TPSA) is 27.6 Å². The first kappa shape index (κ1) is 14.3. The molecule has 0 aliphatic heterocycles. The molecule has 3 nitrogen and oxygen atoms in total. The molecular formula is C11H14ClN3S2. The van der Waals surface area contributed by atoms with Crippen molar-refractivity contribution in [2.45, 2.75) is 0 Å². The molecule has 0 bridgehead atoms. The Bertz CT molecular complexity index is 432. The average Bonchev–Trinajstić information content (AvgIpc) is 2.28. The second kappa shape index (κ2) is 6.83. The highest BCUT2D eigenvalue weighted by Gasteiger charge is 2.04. The lowest BCUT2D eigenvalue weighted by molar-refractivity contribution is 0.637. The molecule has 0 heterocycles. The molecule has 1 aromatic carbocycles. The summed E-state index contributed by atoms with van der Waals surface area (Å²) in [6.07, 6.45) is 1.96. The molecule has 1 aromatic rings. The summed E-state index contributed by atoms with van der Waals surface area (Å²) in [6.45, 7) is 0. The number of aliphatic imine (C=N–C) groups is 1. The minimum absolute atomic E-state index is 0.399. The van der Waals surface area contributed by atoms with Gasteiger partial charge in [-0.2, -0.15) is 4.99 Å². The minimum Gasteiger partial charge on any atom is -0.357 e. The highest BCUT2D eigenvalue weighted by atomic mass is 35.5. The second-order valence-electron chi connectivity index (χ2n) is 3.40. The zero-order valence-electron chi connectivity index (χ0n) is 9.90. The van der Waals surface area contributed by atoms with E-state index in [0.717, 1.165) is 10.9 Å². The van der Waals surface area contributed by atoms with E-state index in [0.29, 0.717) is 10.1 Å². The van der Waals surface area contributed by atoms with Crippen LogP contribution in [0.25, 0.3) is 0 Å². The number of thiocarbonyl (C=S) groups is 1. The Hall–Kier alpha value is -0.780. The van der Waals surface area contributed by atoms with E-state index in [4.69, 9.17) is 23.8 Å². The van der Waals surface area contributed by atoms with Gasteiger partial charge in [0.15, 0.2) is 10.3 Å². The number of benzene rings is 1. The number of amidine groups is 1. The van der Waals surface area contributed by atoms with Gasteiger partial charge in [-0.25, -0.2) is 0 Å². The van der Waals surface area contributed by atoms with Crippen LogP contribution in [-0.4, -0.2) is 35.5 Å². The molecule has 0 radical (unpaired) electrons. The summed E-state index contributed by atoms with van der Waals surface area (Å²) >= 11 is 12.7. The van der Waals surface area contributed by atoms with Gasteiger partial charge in [-0.05, 0) is 30.6 Å². The van der Waals surface area contributed by atoms with Crippen molar-refractivity contribution in [2.24, 2.45) is 4.99 Å². The normalized spacial score (nSPS) is 11.2. The molecule has 0 aliphatic rings. The van der Waals surface area contributed by atoms with Gasteiger partial charge in [0.05, 0.1) is 10.7 Å². The molecule has 6 heteroatoms. The Morgan fingerprint density at radius 1 is 1.41 bits per heavy atom. The summed E-state index contributed by atoms with van der Waals surface area (Å²) in [5.74, 6) is 0. The van der Waals surface area contributed by atoms with Gasteiger partial charge in [0.2, 0.25) is 0 Å². The monoisotopic (exact) mass is 287 g/mol.